The average Bonchev–Trinajstić information content (AvgIpc) is 3.18. The summed E-state index contributed by atoms with van der Waals surface area (Å²) in [5.74, 6) is 2.32. The molecule has 0 aromatic carbocycles. The average molecular weight is 335 g/mol. The van der Waals surface area contributed by atoms with E-state index in [1.807, 2.05) is 14.2 Å². The molecule has 0 amide bonds. The van der Waals surface area contributed by atoms with Crippen molar-refractivity contribution >= 4 is 0 Å². The molecule has 0 atom stereocenters. The van der Waals surface area contributed by atoms with Gasteiger partial charge >= 0.3 is 0 Å². The molecule has 3 aliphatic rings. The lowest BCUT2D eigenvalue weighted by Crippen LogP contribution is -2.35. The number of likely N-dealkylation sites (tertiary alicyclic amines) is 1. The molecule has 1 heterocycles. The van der Waals surface area contributed by atoms with Gasteiger partial charge in [0, 0.05) is 12.0 Å². The summed E-state index contributed by atoms with van der Waals surface area (Å²) >= 11 is 0. The highest BCUT2D eigenvalue weighted by atomic mass is 16.5. The Kier molecular flexibility index (Phi) is 5.26. The number of ether oxygens (including phenoxy) is 2. The molecule has 0 unspecified atom stereocenters. The zero-order chi connectivity index (χ0) is 17.2. The minimum Gasteiger partial charge on any atom is -0.500 e. The normalized spacial score (nSPS) is 25.4. The standard InChI is InChI=1S/C20H34N2O2/c1-21(2)11-7-12-22-13-10-19(16-22)14-17(23-3)20(8-5-6-9-20)18(15-19)24-4/h14-15H,5-13,16H2,1-4H3. The van der Waals surface area contributed by atoms with E-state index in [0.717, 1.165) is 37.4 Å². The van der Waals surface area contributed by atoms with Crippen LogP contribution in [0.1, 0.15) is 38.5 Å². The highest BCUT2D eigenvalue weighted by Gasteiger charge is 2.50. The monoisotopic (exact) mass is 334 g/mol. The summed E-state index contributed by atoms with van der Waals surface area (Å²) in [5.41, 5.74) is 0.121. The minimum atomic E-state index is 0.0209. The number of rotatable bonds is 6. The molecule has 4 heteroatoms. The maximum Gasteiger partial charge on any atom is 0.106 e. The predicted octanol–water partition coefficient (Wildman–Crippen LogP) is 3.26. The van der Waals surface area contributed by atoms with Crippen LogP contribution in [0, 0.1) is 10.8 Å². The second-order valence-corrected chi connectivity index (χ2v) is 8.13. The number of nitrogens with zero attached hydrogens (tertiary/aromatic N) is 2. The zero-order valence-corrected chi connectivity index (χ0v) is 15.9. The molecule has 2 aliphatic carbocycles. The summed E-state index contributed by atoms with van der Waals surface area (Å²) in [6.45, 7) is 4.60. The molecule has 3 rings (SSSR count). The molecule has 136 valence electrons. The van der Waals surface area contributed by atoms with Crippen LogP contribution in [0.4, 0.5) is 0 Å². The van der Waals surface area contributed by atoms with Gasteiger partial charge in [0.2, 0.25) is 0 Å². The van der Waals surface area contributed by atoms with E-state index in [2.05, 4.69) is 36.0 Å². The Hall–Kier alpha value is -1.00. The van der Waals surface area contributed by atoms with Crippen molar-refractivity contribution in [2.75, 3.05) is 54.5 Å². The summed E-state index contributed by atoms with van der Waals surface area (Å²) in [5, 5.41) is 0. The first-order valence-electron chi connectivity index (χ1n) is 9.45. The van der Waals surface area contributed by atoms with E-state index in [0.29, 0.717) is 0 Å². The topological polar surface area (TPSA) is 24.9 Å². The van der Waals surface area contributed by atoms with Crippen molar-refractivity contribution in [3.8, 4) is 0 Å². The lowest BCUT2D eigenvalue weighted by molar-refractivity contribution is 0.112. The summed E-state index contributed by atoms with van der Waals surface area (Å²) in [4.78, 5) is 4.87. The van der Waals surface area contributed by atoms with E-state index < -0.39 is 0 Å². The van der Waals surface area contributed by atoms with Crippen LogP contribution in [-0.4, -0.2) is 64.3 Å². The van der Waals surface area contributed by atoms with Crippen molar-refractivity contribution < 1.29 is 9.47 Å². The molecule has 1 saturated heterocycles. The molecule has 0 aromatic heterocycles. The van der Waals surface area contributed by atoms with Crippen molar-refractivity contribution in [3.63, 3.8) is 0 Å². The van der Waals surface area contributed by atoms with E-state index in [1.54, 1.807) is 0 Å². The van der Waals surface area contributed by atoms with Gasteiger partial charge in [-0.2, -0.15) is 0 Å². The number of methoxy groups -OCH3 is 2. The van der Waals surface area contributed by atoms with Gasteiger partial charge in [-0.15, -0.1) is 0 Å². The molecule has 0 bridgehead atoms. The van der Waals surface area contributed by atoms with Gasteiger partial charge in [0.1, 0.15) is 11.5 Å². The lowest BCUT2D eigenvalue weighted by atomic mass is 9.70. The maximum atomic E-state index is 5.91. The molecule has 1 saturated carbocycles. The fourth-order valence-electron chi connectivity index (χ4n) is 4.92. The maximum absolute atomic E-state index is 5.91. The first kappa shape index (κ1) is 17.8. The lowest BCUT2D eigenvalue weighted by Gasteiger charge is -2.40. The Labute approximate surface area is 147 Å². The Balaban J connectivity index is 1.75. The van der Waals surface area contributed by atoms with Crippen LogP contribution in [0.2, 0.25) is 0 Å². The molecule has 24 heavy (non-hydrogen) atoms. The van der Waals surface area contributed by atoms with Crippen molar-refractivity contribution in [2.24, 2.45) is 10.8 Å². The van der Waals surface area contributed by atoms with E-state index >= 15 is 0 Å². The molecule has 2 spiro atoms. The second kappa shape index (κ2) is 7.09. The Morgan fingerprint density at radius 1 is 1.04 bits per heavy atom. The van der Waals surface area contributed by atoms with Gasteiger partial charge in [-0.25, -0.2) is 0 Å². The van der Waals surface area contributed by atoms with Crippen LogP contribution in [0.25, 0.3) is 0 Å². The minimum absolute atomic E-state index is 0.0209. The smallest absolute Gasteiger partial charge is 0.106 e. The molecule has 4 nitrogen and oxygen atoms in total. The zero-order valence-electron chi connectivity index (χ0n) is 15.9. The fourth-order valence-corrected chi connectivity index (χ4v) is 4.92. The van der Waals surface area contributed by atoms with Crippen LogP contribution in [0.15, 0.2) is 23.7 Å². The third kappa shape index (κ3) is 3.23. The summed E-state index contributed by atoms with van der Waals surface area (Å²) in [7, 11) is 7.97. The molecule has 0 radical (unpaired) electrons. The Bertz CT molecular complexity index is 480. The van der Waals surface area contributed by atoms with Gasteiger partial charge in [0.05, 0.1) is 19.6 Å². The third-order valence-corrected chi connectivity index (χ3v) is 6.17. The molecular weight excluding hydrogens is 300 g/mol. The first-order valence-corrected chi connectivity index (χ1v) is 9.45. The van der Waals surface area contributed by atoms with Gasteiger partial charge < -0.3 is 19.3 Å². The fraction of sp³-hybridized carbons (Fsp3) is 0.800. The van der Waals surface area contributed by atoms with E-state index in [-0.39, 0.29) is 10.8 Å². The first-order chi connectivity index (χ1) is 11.5. The Morgan fingerprint density at radius 3 is 2.21 bits per heavy atom. The van der Waals surface area contributed by atoms with Crippen molar-refractivity contribution in [1.82, 2.24) is 9.80 Å². The molecule has 2 fully saturated rings. The van der Waals surface area contributed by atoms with E-state index in [9.17, 15) is 0 Å². The quantitative estimate of drug-likeness (QED) is 0.744. The van der Waals surface area contributed by atoms with Crippen LogP contribution >= 0.6 is 0 Å². The Morgan fingerprint density at radius 2 is 1.67 bits per heavy atom. The third-order valence-electron chi connectivity index (χ3n) is 6.17. The highest BCUT2D eigenvalue weighted by molar-refractivity contribution is 5.36. The number of hydrogen-bond acceptors (Lipinski definition) is 4. The summed E-state index contributed by atoms with van der Waals surface area (Å²) in [6.07, 6.45) is 12.1. The summed E-state index contributed by atoms with van der Waals surface area (Å²) < 4.78 is 11.8. The van der Waals surface area contributed by atoms with E-state index in [1.165, 1.54) is 38.8 Å². The van der Waals surface area contributed by atoms with E-state index in [4.69, 9.17) is 9.47 Å². The summed E-state index contributed by atoms with van der Waals surface area (Å²) in [6, 6.07) is 0. The molecule has 0 N–H and O–H groups in total. The number of hydrogen-bond donors (Lipinski definition) is 0. The molecule has 0 aromatic rings. The van der Waals surface area contributed by atoms with Gasteiger partial charge in [-0.3, -0.25) is 0 Å². The van der Waals surface area contributed by atoms with Crippen LogP contribution in [0.5, 0.6) is 0 Å². The molecular formula is C20H34N2O2. The second-order valence-electron chi connectivity index (χ2n) is 8.13. The van der Waals surface area contributed by atoms with Gasteiger partial charge in [-0.05, 0) is 71.6 Å². The highest BCUT2D eigenvalue weighted by Crippen LogP contribution is 2.56. The SMILES string of the molecule is COC1=CC2(C=C(OC)C13CCCC3)CCN(CCCN(C)C)C2. The van der Waals surface area contributed by atoms with Gasteiger partial charge in [-0.1, -0.05) is 12.8 Å². The van der Waals surface area contributed by atoms with Crippen LogP contribution < -0.4 is 0 Å². The van der Waals surface area contributed by atoms with Crippen molar-refractivity contribution in [3.05, 3.63) is 23.7 Å². The van der Waals surface area contributed by atoms with Crippen molar-refractivity contribution in [1.29, 1.82) is 0 Å². The van der Waals surface area contributed by atoms with Gasteiger partial charge in [0.25, 0.3) is 0 Å². The van der Waals surface area contributed by atoms with Gasteiger partial charge in [0.15, 0.2) is 0 Å². The van der Waals surface area contributed by atoms with Crippen LogP contribution in [0.3, 0.4) is 0 Å². The largest absolute Gasteiger partial charge is 0.500 e. The van der Waals surface area contributed by atoms with Crippen molar-refractivity contribution in [2.45, 2.75) is 38.5 Å². The predicted molar refractivity (Wildman–Crippen MR) is 97.7 cm³/mol. The molecule has 1 aliphatic heterocycles. The van der Waals surface area contributed by atoms with Crippen LogP contribution in [-0.2, 0) is 9.47 Å².